The molecule has 1 aromatic heterocycles. The van der Waals surface area contributed by atoms with E-state index in [2.05, 4.69) is 27.2 Å². The minimum Gasteiger partial charge on any atom is -0.493 e. The van der Waals surface area contributed by atoms with E-state index in [4.69, 9.17) is 25.8 Å². The molecule has 7 nitrogen and oxygen atoms in total. The number of likely N-dealkylation sites (tertiary alicyclic amines) is 1. The maximum absolute atomic E-state index is 6.19. The van der Waals surface area contributed by atoms with Gasteiger partial charge in [-0.1, -0.05) is 17.7 Å². The molecule has 5 rings (SSSR count). The van der Waals surface area contributed by atoms with Gasteiger partial charge >= 0.3 is 0 Å². The highest BCUT2D eigenvalue weighted by molar-refractivity contribution is 6.30. The minimum absolute atomic E-state index is 0.551. The first kappa shape index (κ1) is 24.2. The Labute approximate surface area is 216 Å². The molecule has 8 heteroatoms. The largest absolute Gasteiger partial charge is 0.493 e. The molecule has 1 aliphatic rings. The van der Waals surface area contributed by atoms with Gasteiger partial charge in [-0.25, -0.2) is 9.97 Å². The van der Waals surface area contributed by atoms with E-state index in [1.54, 1.807) is 19.5 Å². The zero-order valence-corrected chi connectivity index (χ0v) is 21.2. The van der Waals surface area contributed by atoms with Crippen LogP contribution in [0.1, 0.15) is 12.8 Å². The van der Waals surface area contributed by atoms with Gasteiger partial charge in [0.15, 0.2) is 11.5 Å². The van der Waals surface area contributed by atoms with Crippen molar-refractivity contribution in [2.24, 2.45) is 5.92 Å². The van der Waals surface area contributed by atoms with Crippen LogP contribution in [-0.2, 0) is 0 Å². The average molecular weight is 505 g/mol. The Balaban J connectivity index is 1.31. The van der Waals surface area contributed by atoms with E-state index in [1.165, 1.54) is 0 Å². The van der Waals surface area contributed by atoms with Gasteiger partial charge in [0.25, 0.3) is 0 Å². The zero-order chi connectivity index (χ0) is 24.9. The Morgan fingerprint density at radius 1 is 0.972 bits per heavy atom. The van der Waals surface area contributed by atoms with E-state index in [9.17, 15) is 0 Å². The summed E-state index contributed by atoms with van der Waals surface area (Å²) in [5.74, 6) is 4.00. The monoisotopic (exact) mass is 504 g/mol. The van der Waals surface area contributed by atoms with Crippen LogP contribution in [0.4, 0.5) is 11.5 Å². The number of nitrogens with one attached hydrogen (secondary N) is 1. The van der Waals surface area contributed by atoms with Crippen LogP contribution in [-0.4, -0.2) is 48.7 Å². The molecule has 3 aromatic carbocycles. The minimum atomic E-state index is 0.551. The number of piperidine rings is 1. The molecule has 0 unspecified atom stereocenters. The first-order valence-corrected chi connectivity index (χ1v) is 12.4. The molecule has 2 heterocycles. The second-order valence-corrected chi connectivity index (χ2v) is 9.45. The van der Waals surface area contributed by atoms with Crippen molar-refractivity contribution in [2.45, 2.75) is 12.8 Å². The number of rotatable bonds is 8. The normalized spacial score (nSPS) is 14.5. The SMILES string of the molecule is COc1cc2c(Nc3ccc(Oc4cccc(Cl)c4)cc3)ncnc2cc1OCC1CCN(C)CC1. The number of nitrogens with zero attached hydrogens (tertiary/aromatic N) is 3. The number of benzene rings is 3. The Bertz CT molecular complexity index is 1320. The molecule has 0 atom stereocenters. The summed E-state index contributed by atoms with van der Waals surface area (Å²) in [5.41, 5.74) is 1.66. The van der Waals surface area contributed by atoms with Crippen molar-refractivity contribution in [1.29, 1.82) is 0 Å². The first-order valence-electron chi connectivity index (χ1n) is 12.0. The smallest absolute Gasteiger partial charge is 0.163 e. The maximum atomic E-state index is 6.19. The summed E-state index contributed by atoms with van der Waals surface area (Å²) in [6.07, 6.45) is 3.84. The molecule has 4 aromatic rings. The lowest BCUT2D eigenvalue weighted by Crippen LogP contribution is -2.32. The lowest BCUT2D eigenvalue weighted by molar-refractivity contribution is 0.157. The molecule has 1 saturated heterocycles. The molecule has 186 valence electrons. The van der Waals surface area contributed by atoms with Crippen molar-refractivity contribution in [3.63, 3.8) is 0 Å². The van der Waals surface area contributed by atoms with Crippen LogP contribution in [0.2, 0.25) is 5.02 Å². The molecular formula is C28H29ClN4O3. The second kappa shape index (κ2) is 11.0. The van der Waals surface area contributed by atoms with Crippen LogP contribution in [0.25, 0.3) is 10.9 Å². The predicted molar refractivity (Wildman–Crippen MR) is 143 cm³/mol. The lowest BCUT2D eigenvalue weighted by atomic mass is 9.98. The van der Waals surface area contributed by atoms with E-state index in [0.717, 1.165) is 42.5 Å². The number of anilines is 2. The van der Waals surface area contributed by atoms with Crippen LogP contribution < -0.4 is 19.5 Å². The van der Waals surface area contributed by atoms with Gasteiger partial charge in [-0.15, -0.1) is 0 Å². The summed E-state index contributed by atoms with van der Waals surface area (Å²) in [6.45, 7) is 2.90. The third-order valence-corrected chi connectivity index (χ3v) is 6.62. The summed E-state index contributed by atoms with van der Waals surface area (Å²) in [5, 5.41) is 4.86. The van der Waals surface area contributed by atoms with Crippen molar-refractivity contribution < 1.29 is 14.2 Å². The van der Waals surface area contributed by atoms with Gasteiger partial charge in [-0.05, 0) is 87.4 Å². The second-order valence-electron chi connectivity index (χ2n) is 9.01. The van der Waals surface area contributed by atoms with E-state index in [1.807, 2.05) is 54.6 Å². The standard InChI is InChI=1S/C28H29ClN4O3/c1-33-12-10-19(11-13-33)17-35-27-16-25-24(15-26(27)34-2)28(31-18-30-25)32-21-6-8-22(9-7-21)36-23-5-3-4-20(29)14-23/h3-9,14-16,18-19H,10-13,17H2,1-2H3,(H,30,31,32). The number of halogens is 1. The number of methoxy groups -OCH3 is 1. The summed E-state index contributed by atoms with van der Waals surface area (Å²) in [4.78, 5) is 11.3. The van der Waals surface area contributed by atoms with Crippen molar-refractivity contribution in [3.8, 4) is 23.0 Å². The molecule has 0 spiro atoms. The predicted octanol–water partition coefficient (Wildman–Crippen LogP) is 6.55. The molecule has 0 aliphatic carbocycles. The van der Waals surface area contributed by atoms with Gasteiger partial charge in [0.05, 0.1) is 19.2 Å². The fourth-order valence-electron chi connectivity index (χ4n) is 4.28. The highest BCUT2D eigenvalue weighted by atomic mass is 35.5. The molecule has 0 bridgehead atoms. The highest BCUT2D eigenvalue weighted by Gasteiger charge is 2.19. The third kappa shape index (κ3) is 5.80. The van der Waals surface area contributed by atoms with E-state index in [-0.39, 0.29) is 0 Å². The van der Waals surface area contributed by atoms with Crippen LogP contribution in [0, 0.1) is 5.92 Å². The summed E-state index contributed by atoms with van der Waals surface area (Å²) in [6, 6.07) is 18.8. The van der Waals surface area contributed by atoms with Gasteiger partial charge in [0.1, 0.15) is 23.6 Å². The van der Waals surface area contributed by atoms with E-state index >= 15 is 0 Å². The molecule has 0 saturated carbocycles. The summed E-state index contributed by atoms with van der Waals surface area (Å²) < 4.78 is 17.7. The van der Waals surface area contributed by atoms with Gasteiger partial charge in [0.2, 0.25) is 0 Å². The summed E-state index contributed by atoms with van der Waals surface area (Å²) in [7, 11) is 3.82. The maximum Gasteiger partial charge on any atom is 0.163 e. The van der Waals surface area contributed by atoms with Gasteiger partial charge in [-0.2, -0.15) is 0 Å². The molecule has 1 fully saturated rings. The quantitative estimate of drug-likeness (QED) is 0.292. The molecule has 36 heavy (non-hydrogen) atoms. The first-order chi connectivity index (χ1) is 17.6. The molecule has 0 amide bonds. The van der Waals surface area contributed by atoms with Crippen LogP contribution in [0.15, 0.2) is 67.0 Å². The van der Waals surface area contributed by atoms with E-state index < -0.39 is 0 Å². The number of fused-ring (bicyclic) bond motifs is 1. The van der Waals surface area contributed by atoms with E-state index in [0.29, 0.717) is 46.4 Å². The lowest BCUT2D eigenvalue weighted by Gasteiger charge is -2.28. The van der Waals surface area contributed by atoms with Crippen molar-refractivity contribution in [2.75, 3.05) is 39.2 Å². The zero-order valence-electron chi connectivity index (χ0n) is 20.4. The van der Waals surface area contributed by atoms with Crippen LogP contribution >= 0.6 is 11.6 Å². The fraction of sp³-hybridized carbons (Fsp3) is 0.286. The molecular weight excluding hydrogens is 476 g/mol. The van der Waals surface area contributed by atoms with Crippen LogP contribution in [0.3, 0.4) is 0 Å². The molecule has 1 N–H and O–H groups in total. The van der Waals surface area contributed by atoms with Crippen molar-refractivity contribution in [1.82, 2.24) is 14.9 Å². The third-order valence-electron chi connectivity index (χ3n) is 6.38. The number of hydrogen-bond acceptors (Lipinski definition) is 7. The Hall–Kier alpha value is -3.55. The van der Waals surface area contributed by atoms with Gasteiger partial charge in [-0.3, -0.25) is 0 Å². The van der Waals surface area contributed by atoms with Crippen LogP contribution in [0.5, 0.6) is 23.0 Å². The van der Waals surface area contributed by atoms with Crippen molar-refractivity contribution >= 4 is 34.0 Å². The summed E-state index contributed by atoms with van der Waals surface area (Å²) >= 11 is 6.04. The van der Waals surface area contributed by atoms with Crippen molar-refractivity contribution in [3.05, 3.63) is 72.0 Å². The van der Waals surface area contributed by atoms with Gasteiger partial charge in [0, 0.05) is 22.2 Å². The fourth-order valence-corrected chi connectivity index (χ4v) is 4.46. The molecule has 0 radical (unpaired) electrons. The number of aromatic nitrogens is 2. The number of ether oxygens (including phenoxy) is 3. The number of hydrogen-bond donors (Lipinski definition) is 1. The average Bonchev–Trinajstić information content (AvgIpc) is 2.89. The topological polar surface area (TPSA) is 68.7 Å². The van der Waals surface area contributed by atoms with Gasteiger partial charge < -0.3 is 24.4 Å². The Kier molecular flexibility index (Phi) is 7.39. The Morgan fingerprint density at radius 3 is 2.53 bits per heavy atom. The molecule has 1 aliphatic heterocycles. The highest BCUT2D eigenvalue weighted by Crippen LogP contribution is 2.35. The Morgan fingerprint density at radius 2 is 1.78 bits per heavy atom.